The Kier molecular flexibility index (Phi) is 8.33. The fourth-order valence-corrected chi connectivity index (χ4v) is 6.47. The van der Waals surface area contributed by atoms with Gasteiger partial charge in [0.15, 0.2) is 9.84 Å². The average Bonchev–Trinajstić information content (AvgIpc) is 3.31. The number of sulfone groups is 1. The van der Waals surface area contributed by atoms with Crippen molar-refractivity contribution in [1.82, 2.24) is 14.9 Å². The largest absolute Gasteiger partial charge is 0.491 e. The monoisotopic (exact) mass is 587 g/mol. The fraction of sp³-hybridized carbons (Fsp3) is 0.393. The predicted molar refractivity (Wildman–Crippen MR) is 154 cm³/mol. The highest BCUT2D eigenvalue weighted by Gasteiger charge is 2.23. The molecular weight excluding hydrogens is 553 g/mol. The van der Waals surface area contributed by atoms with Crippen LogP contribution in [-0.2, 0) is 18.9 Å². The average molecular weight is 588 g/mol. The molecule has 2 aromatic heterocycles. The zero-order chi connectivity index (χ0) is 28.5. The van der Waals surface area contributed by atoms with Gasteiger partial charge in [-0.1, -0.05) is 19.1 Å². The third-order valence-electron chi connectivity index (χ3n) is 7.44. The van der Waals surface area contributed by atoms with Gasteiger partial charge in [0.2, 0.25) is 0 Å². The van der Waals surface area contributed by atoms with Gasteiger partial charge in [0.1, 0.15) is 11.4 Å². The number of piperidine rings is 1. The van der Waals surface area contributed by atoms with Crippen molar-refractivity contribution in [2.75, 3.05) is 38.6 Å². The number of rotatable bonds is 10. The van der Waals surface area contributed by atoms with E-state index in [1.807, 2.05) is 31.3 Å². The molecule has 1 saturated heterocycles. The Bertz CT molecular complexity index is 1670. The summed E-state index contributed by atoms with van der Waals surface area (Å²) >= 11 is 0. The van der Waals surface area contributed by atoms with Crippen molar-refractivity contribution >= 4 is 39.6 Å². The van der Waals surface area contributed by atoms with Crippen LogP contribution in [0.3, 0.4) is 0 Å². The smallest absolute Gasteiger partial charge is 0.469 e. The zero-order valence-electron chi connectivity index (χ0n) is 22.5. The first-order chi connectivity index (χ1) is 19.0. The molecular formula is C28H34N3O7PS. The third-order valence-corrected chi connectivity index (χ3v) is 9.69. The van der Waals surface area contributed by atoms with Crippen LogP contribution in [-0.4, -0.2) is 71.7 Å². The summed E-state index contributed by atoms with van der Waals surface area (Å²) in [6.07, 6.45) is 3.62. The molecule has 0 unspecified atom stereocenters. The molecule has 0 spiro atoms. The Morgan fingerprint density at radius 2 is 1.93 bits per heavy atom. The number of nitrogens with zero attached hydrogens (tertiary/aromatic N) is 2. The van der Waals surface area contributed by atoms with E-state index < -0.39 is 17.7 Å². The van der Waals surface area contributed by atoms with E-state index >= 15 is 0 Å². The van der Waals surface area contributed by atoms with Gasteiger partial charge in [0.25, 0.3) is 0 Å². The molecule has 3 N–H and O–H groups in total. The second kappa shape index (κ2) is 11.6. The number of phosphoric ester groups is 1. The van der Waals surface area contributed by atoms with Gasteiger partial charge in [-0.2, -0.15) is 0 Å². The molecule has 1 aliphatic rings. The molecule has 0 amide bonds. The Morgan fingerprint density at radius 3 is 2.65 bits per heavy atom. The number of ether oxygens (including phenoxy) is 1. The minimum Gasteiger partial charge on any atom is -0.491 e. The summed E-state index contributed by atoms with van der Waals surface area (Å²) < 4.78 is 47.0. The molecule has 0 saturated carbocycles. The first-order valence-corrected chi connectivity index (χ1v) is 16.5. The van der Waals surface area contributed by atoms with Crippen molar-refractivity contribution in [1.29, 1.82) is 0 Å². The highest BCUT2D eigenvalue weighted by Crippen LogP contribution is 2.40. The highest BCUT2D eigenvalue weighted by atomic mass is 32.2. The number of benzene rings is 2. The number of nitrogens with one attached hydrogen (secondary N) is 1. The molecule has 3 heterocycles. The molecule has 5 rings (SSSR count). The normalized spacial score (nSPS) is 15.7. The molecule has 40 heavy (non-hydrogen) atoms. The SMILES string of the molecule is CCS(=O)(=O)c1cccc(-c2ccc(OCC3CCN(CCOP(=O)(O)O)CC3)c3[nH]c4ncc(C)cc4c23)c1. The summed E-state index contributed by atoms with van der Waals surface area (Å²) in [5.74, 6) is 1.09. The summed E-state index contributed by atoms with van der Waals surface area (Å²) in [7, 11) is -7.79. The second-order valence-electron chi connectivity index (χ2n) is 10.2. The number of fused-ring (bicyclic) bond motifs is 3. The van der Waals surface area contributed by atoms with Crippen molar-refractivity contribution < 1.29 is 32.0 Å². The maximum atomic E-state index is 12.6. The van der Waals surface area contributed by atoms with Crippen LogP contribution in [0.15, 0.2) is 53.6 Å². The first-order valence-electron chi connectivity index (χ1n) is 13.3. The lowest BCUT2D eigenvalue weighted by Gasteiger charge is -2.31. The number of aryl methyl sites for hydroxylation is 1. The molecule has 1 aliphatic heterocycles. The Balaban J connectivity index is 1.39. The summed E-state index contributed by atoms with van der Waals surface area (Å²) in [5, 5.41) is 1.89. The minimum atomic E-state index is -4.44. The van der Waals surface area contributed by atoms with Crippen LogP contribution in [0.2, 0.25) is 0 Å². The standard InChI is InChI=1S/C28H34N3O7PS/c1-3-40(35,36)22-6-4-5-21(16-22)23-7-8-25(27-26(23)24-15-19(2)17-29-28(24)30-27)37-18-20-9-11-31(12-10-20)13-14-38-39(32,33)34/h4-8,15-17,20H,3,9-14,18H2,1-2H3,(H,29,30)(H2,32,33,34). The number of pyridine rings is 1. The van der Waals surface area contributed by atoms with Crippen LogP contribution in [0.25, 0.3) is 33.1 Å². The van der Waals surface area contributed by atoms with Gasteiger partial charge < -0.3 is 24.4 Å². The van der Waals surface area contributed by atoms with Crippen molar-refractivity contribution in [3.63, 3.8) is 0 Å². The van der Waals surface area contributed by atoms with Crippen molar-refractivity contribution in [3.8, 4) is 16.9 Å². The number of aromatic nitrogens is 2. The maximum absolute atomic E-state index is 12.6. The van der Waals surface area contributed by atoms with Crippen LogP contribution >= 0.6 is 7.82 Å². The van der Waals surface area contributed by atoms with Gasteiger partial charge in [0, 0.05) is 23.5 Å². The summed E-state index contributed by atoms with van der Waals surface area (Å²) in [6, 6.07) is 13.0. The van der Waals surface area contributed by atoms with E-state index in [2.05, 4.69) is 25.5 Å². The van der Waals surface area contributed by atoms with Crippen LogP contribution in [0.5, 0.6) is 5.75 Å². The fourth-order valence-electron chi connectivity index (χ4n) is 5.22. The molecule has 4 aromatic rings. The van der Waals surface area contributed by atoms with Gasteiger partial charge in [-0.25, -0.2) is 18.0 Å². The molecule has 2 aromatic carbocycles. The van der Waals surface area contributed by atoms with Crippen molar-refractivity contribution in [3.05, 3.63) is 54.2 Å². The highest BCUT2D eigenvalue weighted by molar-refractivity contribution is 7.91. The van der Waals surface area contributed by atoms with Crippen LogP contribution < -0.4 is 4.74 Å². The van der Waals surface area contributed by atoms with Crippen molar-refractivity contribution in [2.24, 2.45) is 5.92 Å². The number of H-pyrrole nitrogens is 1. The topological polar surface area (TPSA) is 142 Å². The molecule has 214 valence electrons. The Hall–Kier alpha value is -2.79. The van der Waals surface area contributed by atoms with E-state index in [-0.39, 0.29) is 12.4 Å². The molecule has 0 bridgehead atoms. The van der Waals surface area contributed by atoms with E-state index in [4.69, 9.17) is 14.5 Å². The van der Waals surface area contributed by atoms with E-state index in [9.17, 15) is 13.0 Å². The van der Waals surface area contributed by atoms with Crippen LogP contribution in [0.1, 0.15) is 25.3 Å². The van der Waals surface area contributed by atoms with Gasteiger partial charge in [-0.3, -0.25) is 4.52 Å². The van der Waals surface area contributed by atoms with Gasteiger partial charge in [-0.05, 0) is 85.8 Å². The number of likely N-dealkylation sites (tertiary alicyclic amines) is 1. The number of hydrogen-bond acceptors (Lipinski definition) is 7. The quantitative estimate of drug-likeness (QED) is 0.225. The molecule has 0 radical (unpaired) electrons. The van der Waals surface area contributed by atoms with E-state index in [1.54, 1.807) is 25.1 Å². The lowest BCUT2D eigenvalue weighted by Crippen LogP contribution is -2.37. The lowest BCUT2D eigenvalue weighted by molar-refractivity contribution is 0.115. The number of hydrogen-bond donors (Lipinski definition) is 3. The lowest BCUT2D eigenvalue weighted by atomic mass is 9.97. The summed E-state index contributed by atoms with van der Waals surface area (Å²) in [4.78, 5) is 28.2. The third kappa shape index (κ3) is 6.40. The molecule has 10 nitrogen and oxygen atoms in total. The summed E-state index contributed by atoms with van der Waals surface area (Å²) in [6.45, 7) is 6.25. The Morgan fingerprint density at radius 1 is 1.15 bits per heavy atom. The van der Waals surface area contributed by atoms with E-state index in [0.29, 0.717) is 29.7 Å². The van der Waals surface area contributed by atoms with E-state index in [1.165, 1.54) is 0 Å². The van der Waals surface area contributed by atoms with E-state index in [0.717, 1.165) is 64.6 Å². The molecule has 1 fully saturated rings. The van der Waals surface area contributed by atoms with Gasteiger partial charge in [-0.15, -0.1) is 0 Å². The molecule has 12 heteroatoms. The maximum Gasteiger partial charge on any atom is 0.469 e. The number of aromatic amines is 1. The van der Waals surface area contributed by atoms with Gasteiger partial charge >= 0.3 is 7.82 Å². The first kappa shape index (κ1) is 28.7. The summed E-state index contributed by atoms with van der Waals surface area (Å²) in [5.41, 5.74) is 4.29. The van der Waals surface area contributed by atoms with Crippen LogP contribution in [0, 0.1) is 12.8 Å². The predicted octanol–water partition coefficient (Wildman–Crippen LogP) is 4.69. The molecule has 0 aliphatic carbocycles. The molecule has 0 atom stereocenters. The number of phosphoric acid groups is 1. The zero-order valence-corrected chi connectivity index (χ0v) is 24.2. The Labute approximate surface area is 233 Å². The van der Waals surface area contributed by atoms with Crippen LogP contribution in [0.4, 0.5) is 0 Å². The van der Waals surface area contributed by atoms with Crippen molar-refractivity contribution in [2.45, 2.75) is 31.6 Å². The van der Waals surface area contributed by atoms with Gasteiger partial charge in [0.05, 0.1) is 29.4 Å². The minimum absolute atomic E-state index is 0.00303. The second-order valence-corrected chi connectivity index (χ2v) is 13.8.